The first-order valence-electron chi connectivity index (χ1n) is 12.2. The van der Waals surface area contributed by atoms with Gasteiger partial charge in [-0.25, -0.2) is 9.97 Å². The summed E-state index contributed by atoms with van der Waals surface area (Å²) < 4.78 is 17.2. The molecule has 1 amide bonds. The van der Waals surface area contributed by atoms with Gasteiger partial charge in [0.15, 0.2) is 5.82 Å². The molecule has 2 fully saturated rings. The average molecular weight is 496 g/mol. The quantitative estimate of drug-likeness (QED) is 0.593. The van der Waals surface area contributed by atoms with E-state index >= 15 is 0 Å². The van der Waals surface area contributed by atoms with Crippen LogP contribution in [-0.4, -0.2) is 50.3 Å². The van der Waals surface area contributed by atoms with Crippen molar-refractivity contribution in [3.63, 3.8) is 0 Å². The summed E-state index contributed by atoms with van der Waals surface area (Å²) in [5.41, 5.74) is 1.24. The molecule has 7 nitrogen and oxygen atoms in total. The Balaban J connectivity index is 1.48. The van der Waals surface area contributed by atoms with Crippen molar-refractivity contribution in [2.24, 2.45) is 5.92 Å². The molecule has 1 aliphatic carbocycles. The fourth-order valence-electron chi connectivity index (χ4n) is 4.87. The van der Waals surface area contributed by atoms with Gasteiger partial charge in [-0.2, -0.15) is 0 Å². The molecule has 2 heterocycles. The lowest BCUT2D eigenvalue weighted by Gasteiger charge is -2.26. The normalized spacial score (nSPS) is 19.4. The molecule has 0 bridgehead atoms. The van der Waals surface area contributed by atoms with Crippen molar-refractivity contribution in [1.82, 2.24) is 9.97 Å². The van der Waals surface area contributed by atoms with Crippen LogP contribution < -0.4 is 5.32 Å². The number of benzene rings is 1. The summed E-state index contributed by atoms with van der Waals surface area (Å²) in [6.07, 6.45) is 11.1. The minimum absolute atomic E-state index is 0.119. The first-order valence-corrected chi connectivity index (χ1v) is 13.8. The van der Waals surface area contributed by atoms with Crippen LogP contribution in [0.2, 0.25) is 0 Å². The number of anilines is 1. The molecular formula is C27H33N3O4S. The highest BCUT2D eigenvalue weighted by Gasteiger charge is 2.28. The summed E-state index contributed by atoms with van der Waals surface area (Å²) in [6.45, 7) is 2.91. The van der Waals surface area contributed by atoms with Crippen molar-refractivity contribution >= 4 is 22.5 Å². The maximum Gasteiger partial charge on any atom is 0.233 e. The Morgan fingerprint density at radius 2 is 2.00 bits per heavy atom. The SMILES string of the molecule is Cc1cc(C(CC2CCCC2)C(=O)Nc2cnc(C#CC3(O)CCOCC3)cn2)ccc1S(C)=O. The van der Waals surface area contributed by atoms with Crippen molar-refractivity contribution in [3.05, 3.63) is 47.4 Å². The van der Waals surface area contributed by atoms with Gasteiger partial charge in [0, 0.05) is 24.0 Å². The van der Waals surface area contributed by atoms with Crippen LogP contribution in [0.4, 0.5) is 5.82 Å². The van der Waals surface area contributed by atoms with Crippen LogP contribution in [0.15, 0.2) is 35.5 Å². The predicted molar refractivity (Wildman–Crippen MR) is 135 cm³/mol. The standard InChI is InChI=1S/C27H33N3O4S/c1-19-15-21(7-8-24(19)35(2)33)23(16-20-5-3-4-6-20)26(31)30-25-18-28-22(17-29-25)9-10-27(32)11-13-34-14-12-27/h7-8,15,17-18,20,23,32H,3-6,11-14,16H2,1-2H3,(H,29,30,31). The summed E-state index contributed by atoms with van der Waals surface area (Å²) in [4.78, 5) is 22.8. The maximum absolute atomic E-state index is 13.4. The molecule has 2 N–H and O–H groups in total. The number of carbonyl (C=O) groups is 1. The van der Waals surface area contributed by atoms with Crippen LogP contribution >= 0.6 is 0 Å². The van der Waals surface area contributed by atoms with E-state index in [0.29, 0.717) is 43.5 Å². The van der Waals surface area contributed by atoms with E-state index in [2.05, 4.69) is 27.1 Å². The predicted octanol–water partition coefficient (Wildman–Crippen LogP) is 3.72. The summed E-state index contributed by atoms with van der Waals surface area (Å²) in [5, 5.41) is 13.4. The van der Waals surface area contributed by atoms with Crippen LogP contribution in [-0.2, 0) is 20.3 Å². The summed E-state index contributed by atoms with van der Waals surface area (Å²) >= 11 is 0. The first-order chi connectivity index (χ1) is 16.8. The van der Waals surface area contributed by atoms with Crippen LogP contribution in [0, 0.1) is 24.7 Å². The van der Waals surface area contributed by atoms with Gasteiger partial charge < -0.3 is 15.2 Å². The lowest BCUT2D eigenvalue weighted by Crippen LogP contribution is -2.34. The molecule has 1 saturated carbocycles. The first kappa shape index (κ1) is 25.5. The summed E-state index contributed by atoms with van der Waals surface area (Å²) in [7, 11) is -1.07. The van der Waals surface area contributed by atoms with Crippen LogP contribution in [0.1, 0.15) is 67.7 Å². The largest absolute Gasteiger partial charge is 0.381 e. The number of amides is 1. The third-order valence-corrected chi connectivity index (χ3v) is 8.00. The number of nitrogens with zero attached hydrogens (tertiary/aromatic N) is 2. The van der Waals surface area contributed by atoms with Crippen molar-refractivity contribution in [3.8, 4) is 11.8 Å². The molecule has 2 aromatic rings. The van der Waals surface area contributed by atoms with Crippen molar-refractivity contribution in [1.29, 1.82) is 0 Å². The number of hydrogen-bond acceptors (Lipinski definition) is 6. The molecular weight excluding hydrogens is 462 g/mol. The zero-order valence-electron chi connectivity index (χ0n) is 20.4. The second-order valence-electron chi connectivity index (χ2n) is 9.59. The molecule has 186 valence electrons. The van der Waals surface area contributed by atoms with E-state index in [1.807, 2.05) is 25.1 Å². The fourth-order valence-corrected chi connectivity index (χ4v) is 5.64. The van der Waals surface area contributed by atoms with E-state index in [9.17, 15) is 14.1 Å². The number of carbonyl (C=O) groups excluding carboxylic acids is 1. The van der Waals surface area contributed by atoms with Crippen molar-refractivity contribution in [2.45, 2.75) is 68.3 Å². The zero-order chi connectivity index (χ0) is 24.8. The monoisotopic (exact) mass is 495 g/mol. The van der Waals surface area contributed by atoms with Gasteiger partial charge in [0.25, 0.3) is 0 Å². The number of aliphatic hydroxyl groups is 1. The summed E-state index contributed by atoms with van der Waals surface area (Å²) in [5.74, 6) is 6.22. The van der Waals surface area contributed by atoms with Crippen LogP contribution in [0.3, 0.4) is 0 Å². The minimum atomic E-state index is -1.07. The second kappa shape index (κ2) is 11.4. The zero-order valence-corrected chi connectivity index (χ0v) is 21.2. The third kappa shape index (κ3) is 6.75. The van der Waals surface area contributed by atoms with E-state index in [4.69, 9.17) is 4.74 Å². The molecule has 1 saturated heterocycles. The van der Waals surface area contributed by atoms with Gasteiger partial charge in [-0.3, -0.25) is 9.00 Å². The maximum atomic E-state index is 13.4. The third-order valence-electron chi connectivity index (χ3n) is 6.92. The average Bonchev–Trinajstić information content (AvgIpc) is 3.36. The molecule has 35 heavy (non-hydrogen) atoms. The van der Waals surface area contributed by atoms with E-state index in [1.165, 1.54) is 25.2 Å². The van der Waals surface area contributed by atoms with E-state index < -0.39 is 16.4 Å². The van der Waals surface area contributed by atoms with E-state index in [-0.39, 0.29) is 11.8 Å². The highest BCUT2D eigenvalue weighted by Crippen LogP contribution is 2.35. The molecule has 2 unspecified atom stereocenters. The Bertz CT molecular complexity index is 1130. The van der Waals surface area contributed by atoms with Gasteiger partial charge in [0.05, 0.1) is 42.3 Å². The number of rotatable bonds is 6. The molecule has 2 atom stereocenters. The van der Waals surface area contributed by atoms with Crippen molar-refractivity contribution < 1.29 is 18.8 Å². The van der Waals surface area contributed by atoms with Crippen LogP contribution in [0.5, 0.6) is 0 Å². The topological polar surface area (TPSA) is 101 Å². The molecule has 1 aromatic carbocycles. The Labute approximate surface area is 209 Å². The Kier molecular flexibility index (Phi) is 8.32. The highest BCUT2D eigenvalue weighted by molar-refractivity contribution is 7.84. The molecule has 1 aliphatic heterocycles. The van der Waals surface area contributed by atoms with E-state index in [1.54, 1.807) is 6.26 Å². The number of aromatic nitrogens is 2. The van der Waals surface area contributed by atoms with Gasteiger partial charge >= 0.3 is 0 Å². The smallest absolute Gasteiger partial charge is 0.233 e. The van der Waals surface area contributed by atoms with E-state index in [0.717, 1.165) is 35.3 Å². The number of ether oxygens (including phenoxy) is 1. The highest BCUT2D eigenvalue weighted by atomic mass is 32.2. The fraction of sp³-hybridized carbons (Fsp3) is 0.519. The Hall–Kier alpha value is -2.60. The molecule has 8 heteroatoms. The summed E-state index contributed by atoms with van der Waals surface area (Å²) in [6, 6.07) is 5.78. The van der Waals surface area contributed by atoms with Crippen LogP contribution in [0.25, 0.3) is 0 Å². The second-order valence-corrected chi connectivity index (χ2v) is 10.9. The Morgan fingerprint density at radius 1 is 1.26 bits per heavy atom. The molecule has 4 rings (SSSR count). The minimum Gasteiger partial charge on any atom is -0.381 e. The lowest BCUT2D eigenvalue weighted by molar-refractivity contribution is -0.118. The van der Waals surface area contributed by atoms with Gasteiger partial charge in [-0.1, -0.05) is 43.7 Å². The number of nitrogens with one attached hydrogen (secondary N) is 1. The van der Waals surface area contributed by atoms with Gasteiger partial charge in [0.2, 0.25) is 5.91 Å². The number of hydrogen-bond donors (Lipinski definition) is 2. The van der Waals surface area contributed by atoms with Gasteiger partial charge in [-0.05, 0) is 42.4 Å². The van der Waals surface area contributed by atoms with Gasteiger partial charge in [-0.15, -0.1) is 0 Å². The number of aryl methyl sites for hydroxylation is 1. The van der Waals surface area contributed by atoms with Crippen molar-refractivity contribution in [2.75, 3.05) is 24.8 Å². The van der Waals surface area contributed by atoms with Gasteiger partial charge in [0.1, 0.15) is 11.3 Å². The Morgan fingerprint density at radius 3 is 2.63 bits per heavy atom. The molecule has 2 aliphatic rings. The lowest BCUT2D eigenvalue weighted by atomic mass is 9.86. The molecule has 1 aromatic heterocycles. The molecule has 0 spiro atoms. The molecule has 0 radical (unpaired) electrons.